The molecule has 0 radical (unpaired) electrons. The van der Waals surface area contributed by atoms with Crippen molar-refractivity contribution in [2.24, 2.45) is 5.92 Å². The molecule has 1 aliphatic rings. The third-order valence-electron chi connectivity index (χ3n) is 4.21. The number of hydrogen-bond donors (Lipinski definition) is 2. The Morgan fingerprint density at radius 1 is 1.39 bits per heavy atom. The minimum Gasteiger partial charge on any atom is -0.481 e. The standard InChI is InChI=1S/C17H22FNO4/c1-12(9-13-3-2-4-14(18)10-13)16(22)19-17(11-15(20)21)5-7-23-8-6-17/h2-4,10,12H,5-9,11H2,1H3,(H,19,22)(H,20,21). The highest BCUT2D eigenvalue weighted by molar-refractivity contribution is 5.80. The van der Waals surface area contributed by atoms with E-state index in [0.717, 1.165) is 5.56 Å². The molecule has 1 unspecified atom stereocenters. The van der Waals surface area contributed by atoms with Crippen LogP contribution in [-0.4, -0.2) is 35.7 Å². The third kappa shape index (κ3) is 5.03. The lowest BCUT2D eigenvalue weighted by Gasteiger charge is -2.37. The molecule has 1 fully saturated rings. The van der Waals surface area contributed by atoms with E-state index >= 15 is 0 Å². The van der Waals surface area contributed by atoms with Gasteiger partial charge in [0.2, 0.25) is 5.91 Å². The molecule has 1 heterocycles. The maximum Gasteiger partial charge on any atom is 0.305 e. The summed E-state index contributed by atoms with van der Waals surface area (Å²) in [5, 5.41) is 12.0. The number of carbonyl (C=O) groups excluding carboxylic acids is 1. The molecule has 0 aromatic heterocycles. The van der Waals surface area contributed by atoms with E-state index in [1.807, 2.05) is 0 Å². The van der Waals surface area contributed by atoms with Crippen molar-refractivity contribution in [3.8, 4) is 0 Å². The zero-order valence-electron chi connectivity index (χ0n) is 13.2. The molecule has 0 bridgehead atoms. The molecule has 0 aliphatic carbocycles. The van der Waals surface area contributed by atoms with Crippen molar-refractivity contribution < 1.29 is 23.8 Å². The fourth-order valence-corrected chi connectivity index (χ4v) is 2.89. The predicted molar refractivity (Wildman–Crippen MR) is 82.4 cm³/mol. The number of amides is 1. The maximum absolute atomic E-state index is 13.2. The normalized spacial score (nSPS) is 18.2. The van der Waals surface area contributed by atoms with Crippen molar-refractivity contribution >= 4 is 11.9 Å². The van der Waals surface area contributed by atoms with Gasteiger partial charge in [-0.1, -0.05) is 19.1 Å². The minimum atomic E-state index is -0.940. The van der Waals surface area contributed by atoms with E-state index in [4.69, 9.17) is 9.84 Å². The van der Waals surface area contributed by atoms with Gasteiger partial charge in [0.1, 0.15) is 5.82 Å². The van der Waals surface area contributed by atoms with Gasteiger partial charge in [-0.05, 0) is 37.0 Å². The zero-order chi connectivity index (χ0) is 16.9. The first-order valence-corrected chi connectivity index (χ1v) is 7.76. The number of benzene rings is 1. The van der Waals surface area contributed by atoms with Crippen molar-refractivity contribution in [3.63, 3.8) is 0 Å². The van der Waals surface area contributed by atoms with Crippen LogP contribution in [0.4, 0.5) is 4.39 Å². The van der Waals surface area contributed by atoms with Gasteiger partial charge in [0.15, 0.2) is 0 Å². The van der Waals surface area contributed by atoms with Gasteiger partial charge in [-0.15, -0.1) is 0 Å². The van der Waals surface area contributed by atoms with Gasteiger partial charge in [0.25, 0.3) is 0 Å². The van der Waals surface area contributed by atoms with Gasteiger partial charge in [-0.3, -0.25) is 9.59 Å². The number of nitrogens with one attached hydrogen (secondary N) is 1. The molecule has 6 heteroatoms. The largest absolute Gasteiger partial charge is 0.481 e. The second-order valence-electron chi connectivity index (χ2n) is 6.19. The molecule has 1 aromatic rings. The molecule has 23 heavy (non-hydrogen) atoms. The van der Waals surface area contributed by atoms with E-state index in [1.165, 1.54) is 12.1 Å². The number of carboxylic acids is 1. The maximum atomic E-state index is 13.2. The average molecular weight is 323 g/mol. The van der Waals surface area contributed by atoms with Crippen LogP contribution in [0.1, 0.15) is 31.7 Å². The molecule has 5 nitrogen and oxygen atoms in total. The first kappa shape index (κ1) is 17.4. The lowest BCUT2D eigenvalue weighted by molar-refractivity contribution is -0.141. The quantitative estimate of drug-likeness (QED) is 0.841. The Morgan fingerprint density at radius 2 is 2.09 bits per heavy atom. The first-order valence-electron chi connectivity index (χ1n) is 7.76. The van der Waals surface area contributed by atoms with Crippen LogP contribution in [-0.2, 0) is 20.7 Å². The van der Waals surface area contributed by atoms with Crippen molar-refractivity contribution in [2.75, 3.05) is 13.2 Å². The Bertz CT molecular complexity index is 569. The summed E-state index contributed by atoms with van der Waals surface area (Å²) < 4.78 is 18.5. The van der Waals surface area contributed by atoms with Crippen molar-refractivity contribution in [1.82, 2.24) is 5.32 Å². The van der Waals surface area contributed by atoms with Gasteiger partial charge in [0.05, 0.1) is 12.0 Å². The van der Waals surface area contributed by atoms with Crippen LogP contribution in [0.15, 0.2) is 24.3 Å². The highest BCUT2D eigenvalue weighted by atomic mass is 19.1. The number of hydrogen-bond acceptors (Lipinski definition) is 3. The molecule has 1 atom stereocenters. The van der Waals surface area contributed by atoms with Gasteiger partial charge < -0.3 is 15.2 Å². The molecular formula is C17H22FNO4. The van der Waals surface area contributed by atoms with Crippen LogP contribution in [0.2, 0.25) is 0 Å². The highest BCUT2D eigenvalue weighted by Crippen LogP contribution is 2.25. The molecule has 0 saturated carbocycles. The third-order valence-corrected chi connectivity index (χ3v) is 4.21. The monoisotopic (exact) mass is 323 g/mol. The molecule has 1 aliphatic heterocycles. The Kier molecular flexibility index (Phi) is 5.71. The van der Waals surface area contributed by atoms with E-state index in [1.54, 1.807) is 19.1 Å². The summed E-state index contributed by atoms with van der Waals surface area (Å²) in [6.45, 7) is 2.63. The molecule has 1 amide bonds. The topological polar surface area (TPSA) is 75.6 Å². The SMILES string of the molecule is CC(Cc1cccc(F)c1)C(=O)NC1(CC(=O)O)CCOCC1. The van der Waals surface area contributed by atoms with Gasteiger partial charge in [-0.2, -0.15) is 0 Å². The summed E-state index contributed by atoms with van der Waals surface area (Å²) in [6.07, 6.45) is 1.26. The molecule has 2 rings (SSSR count). The van der Waals surface area contributed by atoms with E-state index in [2.05, 4.69) is 5.32 Å². The van der Waals surface area contributed by atoms with Crippen molar-refractivity contribution in [2.45, 2.75) is 38.1 Å². The fourth-order valence-electron chi connectivity index (χ4n) is 2.89. The average Bonchev–Trinajstić information content (AvgIpc) is 2.47. The van der Waals surface area contributed by atoms with Crippen LogP contribution in [0.3, 0.4) is 0 Å². The Balaban J connectivity index is 2.01. The van der Waals surface area contributed by atoms with Gasteiger partial charge in [0, 0.05) is 19.1 Å². The van der Waals surface area contributed by atoms with E-state index in [-0.39, 0.29) is 24.1 Å². The first-order chi connectivity index (χ1) is 10.9. The molecule has 0 spiro atoms. The van der Waals surface area contributed by atoms with Gasteiger partial charge >= 0.3 is 5.97 Å². The molecule has 2 N–H and O–H groups in total. The Hall–Kier alpha value is -1.95. The van der Waals surface area contributed by atoms with E-state index in [9.17, 15) is 14.0 Å². The van der Waals surface area contributed by atoms with Crippen LogP contribution >= 0.6 is 0 Å². The summed E-state index contributed by atoms with van der Waals surface area (Å²) in [5.41, 5.74) is -0.0101. The summed E-state index contributed by atoms with van der Waals surface area (Å²) >= 11 is 0. The smallest absolute Gasteiger partial charge is 0.305 e. The van der Waals surface area contributed by atoms with Crippen LogP contribution in [0.25, 0.3) is 0 Å². The summed E-state index contributed by atoms with van der Waals surface area (Å²) in [6, 6.07) is 6.15. The lowest BCUT2D eigenvalue weighted by atomic mass is 9.85. The van der Waals surface area contributed by atoms with Gasteiger partial charge in [-0.25, -0.2) is 4.39 Å². The molecule has 1 aromatic carbocycles. The van der Waals surface area contributed by atoms with Crippen LogP contribution in [0, 0.1) is 11.7 Å². The predicted octanol–water partition coefficient (Wildman–Crippen LogP) is 2.14. The van der Waals surface area contributed by atoms with Crippen LogP contribution < -0.4 is 5.32 Å². The summed E-state index contributed by atoms with van der Waals surface area (Å²) in [7, 11) is 0. The second-order valence-corrected chi connectivity index (χ2v) is 6.19. The fraction of sp³-hybridized carbons (Fsp3) is 0.529. The lowest BCUT2D eigenvalue weighted by Crippen LogP contribution is -2.54. The van der Waals surface area contributed by atoms with E-state index < -0.39 is 11.5 Å². The molecular weight excluding hydrogens is 301 g/mol. The Labute approximate surface area is 134 Å². The molecule has 1 saturated heterocycles. The zero-order valence-corrected chi connectivity index (χ0v) is 13.2. The minimum absolute atomic E-state index is 0.116. The number of carbonyl (C=O) groups is 2. The number of carboxylic acid groups (broad SMARTS) is 1. The van der Waals surface area contributed by atoms with E-state index in [0.29, 0.717) is 32.5 Å². The Morgan fingerprint density at radius 3 is 2.70 bits per heavy atom. The number of halogens is 1. The second kappa shape index (κ2) is 7.55. The summed E-state index contributed by atoms with van der Waals surface area (Å²) in [5.74, 6) is -1.85. The van der Waals surface area contributed by atoms with Crippen LogP contribution in [0.5, 0.6) is 0 Å². The highest BCUT2D eigenvalue weighted by Gasteiger charge is 2.37. The number of rotatable bonds is 6. The van der Waals surface area contributed by atoms with Crippen molar-refractivity contribution in [3.05, 3.63) is 35.6 Å². The molecule has 126 valence electrons. The number of aliphatic carboxylic acids is 1. The number of ether oxygens (including phenoxy) is 1. The summed E-state index contributed by atoms with van der Waals surface area (Å²) in [4.78, 5) is 23.6. The van der Waals surface area contributed by atoms with Crippen molar-refractivity contribution in [1.29, 1.82) is 0 Å².